The smallest absolute Gasteiger partial charge is 0.338 e. The first-order chi connectivity index (χ1) is 25.9. The van der Waals surface area contributed by atoms with E-state index >= 15 is 0 Å². The first-order valence-corrected chi connectivity index (χ1v) is 19.8. The van der Waals surface area contributed by atoms with Crippen LogP contribution in [0.1, 0.15) is 132 Å². The number of benzene rings is 3. The fourth-order valence-electron chi connectivity index (χ4n) is 6.52. The number of esters is 1. The summed E-state index contributed by atoms with van der Waals surface area (Å²) in [6.07, 6.45) is 11.8. The Balaban J connectivity index is 1.89. The van der Waals surface area contributed by atoms with E-state index in [1.54, 1.807) is 69.3 Å². The lowest BCUT2D eigenvalue weighted by Gasteiger charge is -2.35. The Morgan fingerprint density at radius 3 is 1.91 bits per heavy atom. The SMILES string of the molecule is CCCCCCCCCCCCOC(=O)c1ccc(OC)c(NC(=O)C(C(=O)C(C)(C)C)N(C(=O)c2ccccc2)c2ccc(N(CC)CC)cc2C)c1. The molecule has 0 radical (unpaired) electrons. The van der Waals surface area contributed by atoms with Gasteiger partial charge < -0.3 is 19.7 Å². The maximum absolute atomic E-state index is 14.6. The van der Waals surface area contributed by atoms with Crippen LogP contribution in [0, 0.1) is 12.3 Å². The zero-order chi connectivity index (χ0) is 39.7. The first-order valence-electron chi connectivity index (χ1n) is 19.8. The molecule has 0 saturated carbocycles. The average Bonchev–Trinajstić information content (AvgIpc) is 3.16. The van der Waals surface area contributed by atoms with Crippen molar-refractivity contribution in [2.45, 2.75) is 119 Å². The second-order valence-electron chi connectivity index (χ2n) is 14.9. The van der Waals surface area contributed by atoms with Crippen molar-refractivity contribution >= 4 is 40.6 Å². The largest absolute Gasteiger partial charge is 0.495 e. The van der Waals surface area contributed by atoms with Crippen LogP contribution in [-0.2, 0) is 14.3 Å². The summed E-state index contributed by atoms with van der Waals surface area (Å²) in [5, 5.41) is 2.85. The molecule has 9 heteroatoms. The Morgan fingerprint density at radius 2 is 1.35 bits per heavy atom. The first kappa shape index (κ1) is 43.7. The molecular weight excluding hydrogens is 679 g/mol. The zero-order valence-corrected chi connectivity index (χ0v) is 34.0. The molecule has 3 aromatic carbocycles. The van der Waals surface area contributed by atoms with E-state index in [1.807, 2.05) is 19.1 Å². The fourth-order valence-corrected chi connectivity index (χ4v) is 6.52. The lowest BCUT2D eigenvalue weighted by Crippen LogP contribution is -2.55. The number of nitrogens with one attached hydrogen (secondary N) is 1. The Bertz CT molecular complexity index is 1660. The number of hydrogen-bond acceptors (Lipinski definition) is 7. The van der Waals surface area contributed by atoms with Gasteiger partial charge in [0.25, 0.3) is 11.8 Å². The number of carbonyl (C=O) groups is 4. The van der Waals surface area contributed by atoms with Crippen molar-refractivity contribution in [2.24, 2.45) is 5.41 Å². The monoisotopic (exact) mass is 741 g/mol. The number of nitrogens with zero attached hydrogens (tertiary/aromatic N) is 2. The van der Waals surface area contributed by atoms with Crippen LogP contribution in [0.2, 0.25) is 0 Å². The molecule has 2 amide bonds. The quantitative estimate of drug-likeness (QED) is 0.0621. The number of ketones is 1. The third kappa shape index (κ3) is 12.5. The molecule has 294 valence electrons. The van der Waals surface area contributed by atoms with Gasteiger partial charge in [-0.05, 0) is 81.3 Å². The van der Waals surface area contributed by atoms with Crippen LogP contribution in [-0.4, -0.2) is 56.4 Å². The maximum Gasteiger partial charge on any atom is 0.338 e. The Morgan fingerprint density at radius 1 is 0.741 bits per heavy atom. The summed E-state index contributed by atoms with van der Waals surface area (Å²) in [6, 6.07) is 17.4. The molecule has 0 aliphatic carbocycles. The number of carbonyl (C=O) groups excluding carboxylic acids is 4. The summed E-state index contributed by atoms with van der Waals surface area (Å²) in [5.74, 6) is -1.92. The lowest BCUT2D eigenvalue weighted by molar-refractivity contribution is -0.132. The van der Waals surface area contributed by atoms with Crippen LogP contribution in [0.3, 0.4) is 0 Å². The third-order valence-corrected chi connectivity index (χ3v) is 9.73. The number of methoxy groups -OCH3 is 1. The highest BCUT2D eigenvalue weighted by Gasteiger charge is 2.43. The molecule has 9 nitrogen and oxygen atoms in total. The Labute approximate surface area is 323 Å². The maximum atomic E-state index is 14.6. The van der Waals surface area contributed by atoms with Crippen LogP contribution < -0.4 is 19.9 Å². The van der Waals surface area contributed by atoms with Gasteiger partial charge in [0.1, 0.15) is 5.75 Å². The highest BCUT2D eigenvalue weighted by atomic mass is 16.5. The molecule has 0 spiro atoms. The summed E-state index contributed by atoms with van der Waals surface area (Å²) in [4.78, 5) is 60.0. The van der Waals surface area contributed by atoms with E-state index < -0.39 is 35.0 Å². The highest BCUT2D eigenvalue weighted by molar-refractivity contribution is 6.22. The van der Waals surface area contributed by atoms with Crippen molar-refractivity contribution in [1.82, 2.24) is 0 Å². The van der Waals surface area contributed by atoms with Gasteiger partial charge in [-0.1, -0.05) is 104 Å². The van der Waals surface area contributed by atoms with Crippen molar-refractivity contribution in [2.75, 3.05) is 41.9 Å². The molecule has 3 aromatic rings. The number of hydrogen-bond donors (Lipinski definition) is 1. The number of rotatable bonds is 22. The molecule has 0 saturated heterocycles. The topological polar surface area (TPSA) is 105 Å². The van der Waals surface area contributed by atoms with Crippen molar-refractivity contribution in [3.05, 3.63) is 83.4 Å². The van der Waals surface area contributed by atoms with Gasteiger partial charge in [0.15, 0.2) is 11.8 Å². The van der Waals surface area contributed by atoms with Crippen LogP contribution in [0.5, 0.6) is 5.75 Å². The average molecular weight is 742 g/mol. The second kappa shape index (κ2) is 21.9. The Hall–Kier alpha value is -4.66. The standard InChI is InChI=1S/C45H63N3O6/c1-9-12-13-14-15-16-17-18-19-23-30-54-44(52)35-26-29-39(53-8)37(32-35)46-42(50)40(41(49)45(5,6)7)48(43(51)34-24-21-20-22-25-34)38-28-27-36(31-33(38)4)47(10-2)11-3/h20-22,24-29,31-32,40H,9-19,23,30H2,1-8H3,(H,46,50). The van der Waals surface area contributed by atoms with Crippen LogP contribution in [0.4, 0.5) is 17.1 Å². The zero-order valence-electron chi connectivity index (χ0n) is 34.0. The van der Waals surface area contributed by atoms with E-state index in [1.165, 1.54) is 63.0 Å². The van der Waals surface area contributed by atoms with Gasteiger partial charge in [-0.3, -0.25) is 19.3 Å². The number of ether oxygens (including phenoxy) is 2. The van der Waals surface area contributed by atoms with Gasteiger partial charge in [0, 0.05) is 35.4 Å². The van der Waals surface area contributed by atoms with Gasteiger partial charge in [0.05, 0.1) is 25.0 Å². The predicted molar refractivity (Wildman–Crippen MR) is 220 cm³/mol. The molecule has 1 N–H and O–H groups in total. The fraction of sp³-hybridized carbons (Fsp3) is 0.511. The molecular formula is C45H63N3O6. The molecule has 0 heterocycles. The molecule has 0 fully saturated rings. The molecule has 0 aliphatic heterocycles. The lowest BCUT2D eigenvalue weighted by atomic mass is 9.84. The number of aryl methyl sites for hydroxylation is 1. The van der Waals surface area contributed by atoms with Crippen molar-refractivity contribution in [1.29, 1.82) is 0 Å². The van der Waals surface area contributed by atoms with Crippen LogP contribution in [0.25, 0.3) is 0 Å². The minimum Gasteiger partial charge on any atom is -0.495 e. The van der Waals surface area contributed by atoms with Crippen molar-refractivity contribution in [3.63, 3.8) is 0 Å². The van der Waals surface area contributed by atoms with Gasteiger partial charge in [-0.25, -0.2) is 4.79 Å². The summed E-state index contributed by atoms with van der Waals surface area (Å²) < 4.78 is 11.2. The van der Waals surface area contributed by atoms with Crippen molar-refractivity contribution < 1.29 is 28.7 Å². The Kier molecular flexibility index (Phi) is 17.7. The summed E-state index contributed by atoms with van der Waals surface area (Å²) in [6.45, 7) is 15.3. The van der Waals surface area contributed by atoms with Gasteiger partial charge in [-0.15, -0.1) is 0 Å². The molecule has 3 rings (SSSR count). The third-order valence-electron chi connectivity index (χ3n) is 9.73. The predicted octanol–water partition coefficient (Wildman–Crippen LogP) is 10.2. The van der Waals surface area contributed by atoms with Gasteiger partial charge in [0.2, 0.25) is 0 Å². The van der Waals surface area contributed by atoms with E-state index in [-0.39, 0.29) is 17.0 Å². The van der Waals surface area contributed by atoms with E-state index in [2.05, 4.69) is 31.0 Å². The summed E-state index contributed by atoms with van der Waals surface area (Å²) >= 11 is 0. The summed E-state index contributed by atoms with van der Waals surface area (Å²) in [5.41, 5.74) is 1.88. The van der Waals surface area contributed by atoms with E-state index in [0.29, 0.717) is 17.9 Å². The van der Waals surface area contributed by atoms with Crippen LogP contribution >= 0.6 is 0 Å². The van der Waals surface area contributed by atoms with E-state index in [4.69, 9.17) is 9.47 Å². The van der Waals surface area contributed by atoms with E-state index in [0.717, 1.165) is 43.6 Å². The number of anilines is 3. The molecule has 0 aromatic heterocycles. The second-order valence-corrected chi connectivity index (χ2v) is 14.9. The molecule has 0 bridgehead atoms. The van der Waals surface area contributed by atoms with Crippen LogP contribution in [0.15, 0.2) is 66.7 Å². The molecule has 0 aliphatic rings. The highest BCUT2D eigenvalue weighted by Crippen LogP contribution is 2.33. The summed E-state index contributed by atoms with van der Waals surface area (Å²) in [7, 11) is 1.46. The normalized spacial score (nSPS) is 11.8. The van der Waals surface area contributed by atoms with Crippen molar-refractivity contribution in [3.8, 4) is 5.75 Å². The van der Waals surface area contributed by atoms with Gasteiger partial charge in [-0.2, -0.15) is 0 Å². The van der Waals surface area contributed by atoms with E-state index in [9.17, 15) is 19.2 Å². The number of amides is 2. The number of Topliss-reactive ketones (excluding diaryl/α,β-unsaturated/α-hetero) is 1. The minimum atomic E-state index is -1.56. The minimum absolute atomic E-state index is 0.184. The molecule has 1 atom stereocenters. The molecule has 54 heavy (non-hydrogen) atoms. The number of unbranched alkanes of at least 4 members (excludes halogenated alkanes) is 9. The van der Waals surface area contributed by atoms with Gasteiger partial charge >= 0.3 is 5.97 Å². The molecule has 1 unspecified atom stereocenters.